The summed E-state index contributed by atoms with van der Waals surface area (Å²) in [5, 5.41) is 0. The van der Waals surface area contributed by atoms with Gasteiger partial charge in [0.1, 0.15) is 28.7 Å². The molecule has 482 valence electrons. The van der Waals surface area contributed by atoms with Crippen LogP contribution in [0.1, 0.15) is 180 Å². The van der Waals surface area contributed by atoms with Crippen molar-refractivity contribution < 1.29 is 52.4 Å². The van der Waals surface area contributed by atoms with Crippen molar-refractivity contribution >= 4 is 35.9 Å². The van der Waals surface area contributed by atoms with Gasteiger partial charge in [0.15, 0.2) is 5.60 Å². The molecule has 5 aliphatic rings. The van der Waals surface area contributed by atoms with Gasteiger partial charge in [0, 0.05) is 45.4 Å². The highest BCUT2D eigenvalue weighted by molar-refractivity contribution is 5.91. The van der Waals surface area contributed by atoms with Crippen LogP contribution >= 0.6 is 0 Å². The van der Waals surface area contributed by atoms with Gasteiger partial charge in [-0.05, 0) is 162 Å². The van der Waals surface area contributed by atoms with Crippen LogP contribution in [0.15, 0.2) is 237 Å². The van der Waals surface area contributed by atoms with Crippen molar-refractivity contribution in [2.45, 2.75) is 154 Å². The molecule has 4 aliphatic carbocycles. The molecule has 2 unspecified atom stereocenters. The lowest BCUT2D eigenvalue weighted by Gasteiger charge is -2.37. The summed E-state index contributed by atoms with van der Waals surface area (Å²) < 4.78 is 34.1. The highest BCUT2D eigenvalue weighted by Gasteiger charge is 2.44. The second-order valence-corrected chi connectivity index (χ2v) is 24.7. The fourth-order valence-corrected chi connectivity index (χ4v) is 12.6. The molecular weight excluding hydrogens is 1160 g/mol. The van der Waals surface area contributed by atoms with Crippen molar-refractivity contribution in [1.82, 2.24) is 0 Å². The van der Waals surface area contributed by atoms with Gasteiger partial charge < -0.3 is 28.4 Å². The zero-order valence-corrected chi connectivity index (χ0v) is 54.9. The van der Waals surface area contributed by atoms with Gasteiger partial charge in [-0.15, -0.1) is 0 Å². The molecule has 2 saturated carbocycles. The molecule has 0 saturated heterocycles. The van der Waals surface area contributed by atoms with Crippen LogP contribution in [0.25, 0.3) is 17.2 Å². The number of rotatable bonds is 14. The number of aryl methyl sites for hydroxylation is 1. The van der Waals surface area contributed by atoms with E-state index in [1.807, 2.05) is 140 Å². The van der Waals surface area contributed by atoms with Crippen LogP contribution in [0, 0.1) is 0 Å². The lowest BCUT2D eigenvalue weighted by molar-refractivity contribution is -0.157. The molecule has 0 N–H and O–H groups in total. The number of fused-ring (bicyclic) bond motifs is 5. The predicted octanol–water partition coefficient (Wildman–Crippen LogP) is 19.0. The number of hydrogen-bond acceptors (Lipinski definition) is 11. The van der Waals surface area contributed by atoms with Crippen LogP contribution < -0.4 is 4.74 Å². The molecule has 1 heterocycles. The predicted molar refractivity (Wildman–Crippen MR) is 368 cm³/mol. The van der Waals surface area contributed by atoms with Crippen molar-refractivity contribution in [1.29, 1.82) is 0 Å². The number of para-hydroxylation sites is 1. The Kier molecular flexibility index (Phi) is 23.6. The molecule has 0 aromatic heterocycles. The van der Waals surface area contributed by atoms with Gasteiger partial charge in [0.25, 0.3) is 0 Å². The molecule has 1 aliphatic heterocycles. The molecule has 12 rings (SSSR count). The van der Waals surface area contributed by atoms with Crippen molar-refractivity contribution in [3.05, 3.63) is 287 Å². The first-order chi connectivity index (χ1) is 44.7. The van der Waals surface area contributed by atoms with Crippen molar-refractivity contribution in [3.63, 3.8) is 0 Å². The second-order valence-electron chi connectivity index (χ2n) is 24.7. The zero-order valence-electron chi connectivity index (χ0n) is 54.9. The Labute approximate surface area is 549 Å². The quantitative estimate of drug-likeness (QED) is 0.0584. The smallest absolute Gasteiger partial charge is 0.339 e. The summed E-state index contributed by atoms with van der Waals surface area (Å²) >= 11 is 0. The van der Waals surface area contributed by atoms with E-state index in [2.05, 4.69) is 76.2 Å². The van der Waals surface area contributed by atoms with E-state index < -0.39 is 22.4 Å². The number of ether oxygens (including phenoxy) is 6. The summed E-state index contributed by atoms with van der Waals surface area (Å²) in [5.74, 6) is -0.723. The number of carbonyl (C=O) groups excluding carboxylic acids is 5. The Hall–Kier alpha value is -9.61. The SMILES string of the molecule is C=C(C)C(=O)OC1(C)c2ccccc2-c2ccccc21.C=C(C)C(=O)OC1(CC)CCc2ccccc21.C=C(C)C(=O)OC1(c2ccccc2)CCCC1.C=C(C)C(=O)OC1CCOc2ccccc21.C=Cc1ccc(C(=O)OC2(c3ccccc3)CCCCC2)cc1. The van der Waals surface area contributed by atoms with E-state index in [4.69, 9.17) is 28.4 Å². The van der Waals surface area contributed by atoms with E-state index >= 15 is 0 Å². The summed E-state index contributed by atoms with van der Waals surface area (Å²) in [6, 6.07) is 59.5. The highest BCUT2D eigenvalue weighted by Crippen LogP contribution is 2.50. The third-order valence-corrected chi connectivity index (χ3v) is 17.8. The van der Waals surface area contributed by atoms with Crippen LogP contribution in [-0.2, 0) is 71.7 Å². The van der Waals surface area contributed by atoms with Crippen LogP contribution in [0.2, 0.25) is 0 Å². The lowest BCUT2D eigenvalue weighted by atomic mass is 9.79. The minimum absolute atomic E-state index is 0.214. The van der Waals surface area contributed by atoms with E-state index in [1.165, 1.54) is 12.0 Å². The first kappa shape index (κ1) is 69.3. The molecule has 0 radical (unpaired) electrons. The van der Waals surface area contributed by atoms with Gasteiger partial charge in [0.2, 0.25) is 0 Å². The minimum Gasteiger partial charge on any atom is -0.493 e. The van der Waals surface area contributed by atoms with Crippen LogP contribution in [0.4, 0.5) is 0 Å². The van der Waals surface area contributed by atoms with Crippen molar-refractivity contribution in [2.75, 3.05) is 6.61 Å². The lowest BCUT2D eigenvalue weighted by Crippen LogP contribution is -2.34. The fourth-order valence-electron chi connectivity index (χ4n) is 12.6. The van der Waals surface area contributed by atoms with Crippen molar-refractivity contribution in [2.24, 2.45) is 0 Å². The standard InChI is InChI=1S/C21H22O2.C18H16O2.2C15H18O2.C13H14O3/c1-2-17-11-13-18(14-12-17)20(22)23-21(15-7-4-8-16-21)19-9-5-3-6-10-19;1-12(2)17(19)20-18(3)15-10-6-4-8-13(15)14-9-5-7-11-16(14)18;1-12(2)14(16)17-15(10-6-7-11-15)13-8-4-3-5-9-13;1-4-15(17-14(16)11(2)3)10-9-12-7-5-6-8-13(12)15;1-9(2)13(14)16-12-7-8-15-11-6-4-3-5-10(11)12/h2-3,5-6,9-14H,1,4,7-8,15-16H2;4-11H,1H2,2-3H3;3-5,8-9H,1,6-7,10-11H2,2H3;5-8H,2,4,9-10H2,1,3H3;3-6,12H,1,7-8H2,2H3. The second kappa shape index (κ2) is 31.6. The minimum atomic E-state index is -0.747. The molecule has 0 bridgehead atoms. The summed E-state index contributed by atoms with van der Waals surface area (Å²) in [4.78, 5) is 59.6. The van der Waals surface area contributed by atoms with Gasteiger partial charge in [-0.25, -0.2) is 24.0 Å². The first-order valence-corrected chi connectivity index (χ1v) is 32.3. The molecule has 2 atom stereocenters. The van der Waals surface area contributed by atoms with E-state index in [0.29, 0.717) is 40.9 Å². The maximum atomic E-state index is 12.6. The third kappa shape index (κ3) is 16.7. The number of hydrogen-bond donors (Lipinski definition) is 0. The summed E-state index contributed by atoms with van der Waals surface area (Å²) in [6.07, 6.45) is 14.1. The Morgan fingerprint density at radius 2 is 0.946 bits per heavy atom. The summed E-state index contributed by atoms with van der Waals surface area (Å²) in [5.41, 5.74) is 11.2. The van der Waals surface area contributed by atoms with Crippen LogP contribution in [0.3, 0.4) is 0 Å². The molecule has 0 amide bonds. The number of esters is 5. The number of carbonyl (C=O) groups is 5. The molecule has 7 aromatic carbocycles. The van der Waals surface area contributed by atoms with Gasteiger partial charge in [-0.1, -0.05) is 216 Å². The average molecular weight is 1250 g/mol. The maximum Gasteiger partial charge on any atom is 0.339 e. The monoisotopic (exact) mass is 1250 g/mol. The maximum absolute atomic E-state index is 12.6. The van der Waals surface area contributed by atoms with E-state index in [9.17, 15) is 24.0 Å². The summed E-state index contributed by atoms with van der Waals surface area (Å²) in [6.45, 7) is 29.5. The fraction of sp³-hybridized carbons (Fsp3) is 0.305. The largest absolute Gasteiger partial charge is 0.493 e. The van der Waals surface area contributed by atoms with Gasteiger partial charge in [-0.3, -0.25) is 0 Å². The Balaban J connectivity index is 0.000000150. The van der Waals surface area contributed by atoms with Gasteiger partial charge in [0.05, 0.1) is 12.2 Å². The van der Waals surface area contributed by atoms with Crippen molar-refractivity contribution in [3.8, 4) is 16.9 Å². The Bertz CT molecular complexity index is 3750. The normalized spacial score (nSPS) is 17.5. The average Bonchev–Trinajstić information content (AvgIpc) is 1.59. The zero-order chi connectivity index (χ0) is 66.8. The van der Waals surface area contributed by atoms with Gasteiger partial charge in [-0.2, -0.15) is 0 Å². The number of benzene rings is 7. The van der Waals surface area contributed by atoms with Crippen LogP contribution in [-0.4, -0.2) is 36.5 Å². The molecule has 11 heteroatoms. The van der Waals surface area contributed by atoms with E-state index in [1.54, 1.807) is 45.9 Å². The molecule has 7 aromatic rings. The first-order valence-electron chi connectivity index (χ1n) is 32.3. The van der Waals surface area contributed by atoms with E-state index in [0.717, 1.165) is 126 Å². The Morgan fingerprint density at radius 1 is 0.495 bits per heavy atom. The third-order valence-electron chi connectivity index (χ3n) is 17.8. The highest BCUT2D eigenvalue weighted by atomic mass is 16.6. The van der Waals surface area contributed by atoms with Crippen LogP contribution in [0.5, 0.6) is 5.75 Å². The molecule has 0 spiro atoms. The molecule has 11 nitrogen and oxygen atoms in total. The van der Waals surface area contributed by atoms with E-state index in [-0.39, 0.29) is 36.0 Å². The summed E-state index contributed by atoms with van der Waals surface area (Å²) in [7, 11) is 0. The topological polar surface area (TPSA) is 141 Å². The molecular formula is C82H88O11. The molecule has 2 fully saturated rings. The molecule has 93 heavy (non-hydrogen) atoms. The van der Waals surface area contributed by atoms with Gasteiger partial charge >= 0.3 is 29.8 Å². The Morgan fingerprint density at radius 3 is 1.47 bits per heavy atom.